The van der Waals surface area contributed by atoms with Crippen LogP contribution in [0.1, 0.15) is 43.1 Å². The van der Waals surface area contributed by atoms with E-state index in [1.165, 1.54) is 12.3 Å². The van der Waals surface area contributed by atoms with Crippen molar-refractivity contribution in [2.45, 2.75) is 38.9 Å². The fourth-order valence-electron chi connectivity index (χ4n) is 2.10. The smallest absolute Gasteiger partial charge is 0.273 e. The van der Waals surface area contributed by atoms with Gasteiger partial charge >= 0.3 is 0 Å². The number of nitrogens with one attached hydrogen (secondary N) is 1. The van der Waals surface area contributed by atoms with E-state index in [2.05, 4.69) is 5.32 Å². The molecule has 1 aromatic heterocycles. The number of hydrogen-bond acceptors (Lipinski definition) is 6. The second-order valence-corrected chi connectivity index (χ2v) is 5.27. The highest BCUT2D eigenvalue weighted by molar-refractivity contribution is 5.95. The number of nitrogens with zero attached hydrogens (tertiary/aromatic N) is 1. The summed E-state index contributed by atoms with van der Waals surface area (Å²) in [4.78, 5) is 24.3. The minimum atomic E-state index is -0.451. The maximum absolute atomic E-state index is 12.4. The van der Waals surface area contributed by atoms with Crippen LogP contribution in [0.25, 0.3) is 0 Å². The van der Waals surface area contributed by atoms with Crippen molar-refractivity contribution in [1.29, 1.82) is 0 Å². The second kappa shape index (κ2) is 10.7. The maximum Gasteiger partial charge on any atom is 0.273 e. The lowest BCUT2D eigenvalue weighted by Crippen LogP contribution is -2.33. The lowest BCUT2D eigenvalue weighted by Gasteiger charge is -2.15. The highest BCUT2D eigenvalue weighted by Crippen LogP contribution is 2.12. The van der Waals surface area contributed by atoms with Gasteiger partial charge in [0.25, 0.3) is 5.91 Å². The van der Waals surface area contributed by atoms with Gasteiger partial charge in [-0.2, -0.15) is 0 Å². The fraction of sp³-hybridized carbons (Fsp3) is 0.625. The summed E-state index contributed by atoms with van der Waals surface area (Å²) in [6, 6.07) is 1.28. The van der Waals surface area contributed by atoms with Crippen LogP contribution in [0.4, 0.5) is 0 Å². The molecule has 0 unspecified atom stereocenters. The average Bonchev–Trinajstić information content (AvgIpc) is 2.58. The van der Waals surface area contributed by atoms with Crippen LogP contribution in [0.5, 0.6) is 5.75 Å². The summed E-state index contributed by atoms with van der Waals surface area (Å²) in [5.41, 5.74) is -0.342. The Kier molecular flexibility index (Phi) is 8.88. The van der Waals surface area contributed by atoms with Crippen LogP contribution in [0, 0.1) is 0 Å². The quantitative estimate of drug-likeness (QED) is 0.351. The minimum absolute atomic E-state index is 0.0161. The van der Waals surface area contributed by atoms with Crippen molar-refractivity contribution in [3.05, 3.63) is 28.2 Å². The number of aromatic nitrogens is 1. The van der Waals surface area contributed by atoms with Gasteiger partial charge in [-0.05, 0) is 12.8 Å². The predicted octanol–water partition coefficient (Wildman–Crippen LogP) is 0.870. The maximum atomic E-state index is 12.4. The number of amides is 1. The van der Waals surface area contributed by atoms with E-state index in [9.17, 15) is 9.59 Å². The summed E-state index contributed by atoms with van der Waals surface area (Å²) in [6.07, 6.45) is 4.04. The van der Waals surface area contributed by atoms with Crippen LogP contribution < -0.4 is 21.3 Å². The zero-order valence-electron chi connectivity index (χ0n) is 14.5. The van der Waals surface area contributed by atoms with Gasteiger partial charge in [-0.1, -0.05) is 13.3 Å². The SMILES string of the molecule is CCCCOc1c(C(=O)NCCCC(OC)OC)n(N)ccc1=O. The summed E-state index contributed by atoms with van der Waals surface area (Å²) in [7, 11) is 3.12. The molecule has 0 saturated heterocycles. The molecule has 1 heterocycles. The molecule has 3 N–H and O–H groups in total. The lowest BCUT2D eigenvalue weighted by molar-refractivity contribution is -0.106. The summed E-state index contributed by atoms with van der Waals surface area (Å²) < 4.78 is 16.7. The largest absolute Gasteiger partial charge is 0.487 e. The highest BCUT2D eigenvalue weighted by atomic mass is 16.7. The number of pyridine rings is 1. The van der Waals surface area contributed by atoms with Crippen molar-refractivity contribution in [2.24, 2.45) is 0 Å². The van der Waals surface area contributed by atoms with E-state index >= 15 is 0 Å². The van der Waals surface area contributed by atoms with E-state index in [-0.39, 0.29) is 23.2 Å². The molecule has 0 radical (unpaired) electrons. The van der Waals surface area contributed by atoms with Gasteiger partial charge in [-0.15, -0.1) is 0 Å². The van der Waals surface area contributed by atoms with Gasteiger partial charge in [0.1, 0.15) is 0 Å². The lowest BCUT2D eigenvalue weighted by atomic mass is 10.2. The van der Waals surface area contributed by atoms with Crippen LogP contribution in [-0.2, 0) is 9.47 Å². The fourth-order valence-corrected chi connectivity index (χ4v) is 2.10. The molecule has 1 rings (SSSR count). The highest BCUT2D eigenvalue weighted by Gasteiger charge is 2.19. The van der Waals surface area contributed by atoms with E-state index in [1.54, 1.807) is 14.2 Å². The number of rotatable bonds is 11. The number of ether oxygens (including phenoxy) is 3. The molecule has 0 aliphatic rings. The Labute approximate surface area is 141 Å². The molecule has 0 saturated carbocycles. The van der Waals surface area contributed by atoms with Gasteiger partial charge in [-0.3, -0.25) is 14.3 Å². The molecule has 0 aliphatic heterocycles. The van der Waals surface area contributed by atoms with Gasteiger partial charge < -0.3 is 25.4 Å². The number of unbranched alkanes of at least 4 members (excludes halogenated alkanes) is 1. The van der Waals surface area contributed by atoms with Crippen LogP contribution in [0.3, 0.4) is 0 Å². The first-order valence-corrected chi connectivity index (χ1v) is 8.02. The summed E-state index contributed by atoms with van der Waals surface area (Å²) in [6.45, 7) is 2.77. The number of hydrogen-bond donors (Lipinski definition) is 2. The molecule has 136 valence electrons. The molecule has 0 spiro atoms. The molecular weight excluding hydrogens is 314 g/mol. The Morgan fingerprint density at radius 3 is 2.67 bits per heavy atom. The van der Waals surface area contributed by atoms with E-state index in [0.717, 1.165) is 17.5 Å². The molecular formula is C16H27N3O5. The van der Waals surface area contributed by atoms with Crippen molar-refractivity contribution in [3.63, 3.8) is 0 Å². The Bertz CT molecular complexity index is 569. The van der Waals surface area contributed by atoms with Gasteiger partial charge in [0.15, 0.2) is 17.7 Å². The third-order valence-electron chi connectivity index (χ3n) is 3.47. The molecule has 24 heavy (non-hydrogen) atoms. The number of nitrogen functional groups attached to an aromatic ring is 1. The summed E-state index contributed by atoms with van der Waals surface area (Å²) in [5, 5.41) is 2.73. The molecule has 8 heteroatoms. The van der Waals surface area contributed by atoms with Crippen molar-refractivity contribution < 1.29 is 19.0 Å². The molecule has 0 fully saturated rings. The molecule has 0 aliphatic carbocycles. The Morgan fingerprint density at radius 1 is 1.33 bits per heavy atom. The van der Waals surface area contributed by atoms with E-state index < -0.39 is 5.91 Å². The number of carbonyl (C=O) groups excluding carboxylic acids is 1. The minimum Gasteiger partial charge on any atom is -0.487 e. The van der Waals surface area contributed by atoms with Crippen LogP contribution >= 0.6 is 0 Å². The Balaban J connectivity index is 2.71. The zero-order chi connectivity index (χ0) is 17.9. The molecule has 1 amide bonds. The summed E-state index contributed by atoms with van der Waals surface area (Å²) >= 11 is 0. The van der Waals surface area contributed by atoms with Crippen LogP contribution in [0.2, 0.25) is 0 Å². The zero-order valence-corrected chi connectivity index (χ0v) is 14.5. The average molecular weight is 341 g/mol. The molecule has 1 aromatic rings. The van der Waals surface area contributed by atoms with Crippen LogP contribution in [-0.4, -0.2) is 44.2 Å². The first-order valence-electron chi connectivity index (χ1n) is 8.02. The number of carbonyl (C=O) groups is 1. The third-order valence-corrected chi connectivity index (χ3v) is 3.47. The predicted molar refractivity (Wildman–Crippen MR) is 90.6 cm³/mol. The molecule has 8 nitrogen and oxygen atoms in total. The van der Waals surface area contributed by atoms with Crippen molar-refractivity contribution in [1.82, 2.24) is 9.99 Å². The van der Waals surface area contributed by atoms with Crippen molar-refractivity contribution in [3.8, 4) is 5.75 Å². The number of nitrogens with two attached hydrogens (primary N) is 1. The normalized spacial score (nSPS) is 10.8. The number of methoxy groups -OCH3 is 2. The van der Waals surface area contributed by atoms with Crippen LogP contribution in [0.15, 0.2) is 17.1 Å². The van der Waals surface area contributed by atoms with Crippen molar-refractivity contribution >= 4 is 5.91 Å². The van der Waals surface area contributed by atoms with Gasteiger partial charge in [0, 0.05) is 39.4 Å². The van der Waals surface area contributed by atoms with Gasteiger partial charge in [0.05, 0.1) is 6.61 Å². The van der Waals surface area contributed by atoms with Gasteiger partial charge in [-0.25, -0.2) is 0 Å². The summed E-state index contributed by atoms with van der Waals surface area (Å²) in [5.74, 6) is 5.32. The topological polar surface area (TPSA) is 105 Å². The first-order chi connectivity index (χ1) is 11.5. The Hall–Kier alpha value is -2.06. The van der Waals surface area contributed by atoms with E-state index in [4.69, 9.17) is 20.1 Å². The standard InChI is InChI=1S/C16H27N3O5/c1-4-5-11-24-15-12(20)8-10-19(17)14(15)16(21)18-9-6-7-13(22-2)23-3/h8,10,13H,4-7,9,11,17H2,1-3H3,(H,18,21). The Morgan fingerprint density at radius 2 is 2.04 bits per heavy atom. The second-order valence-electron chi connectivity index (χ2n) is 5.27. The third kappa shape index (κ3) is 5.86. The van der Waals surface area contributed by atoms with E-state index in [1.807, 2.05) is 6.92 Å². The molecule has 0 bridgehead atoms. The molecule has 0 atom stereocenters. The van der Waals surface area contributed by atoms with Gasteiger partial charge in [0.2, 0.25) is 5.43 Å². The first kappa shape index (κ1) is 20.0. The molecule has 0 aromatic carbocycles. The van der Waals surface area contributed by atoms with Crippen molar-refractivity contribution in [2.75, 3.05) is 33.2 Å². The monoisotopic (exact) mass is 341 g/mol. The van der Waals surface area contributed by atoms with E-state index in [0.29, 0.717) is 26.0 Å².